The van der Waals surface area contributed by atoms with Gasteiger partial charge in [-0.25, -0.2) is 0 Å². The SMILES string of the molecule is C=C1CCC(C)(N2C(=O)c3cccc(NC(C)C)c3C2=O)C(=O)N1. The highest BCUT2D eigenvalue weighted by Gasteiger charge is 2.52. The van der Waals surface area contributed by atoms with E-state index in [1.165, 1.54) is 0 Å². The topological polar surface area (TPSA) is 78.5 Å². The molecule has 3 rings (SSSR count). The van der Waals surface area contributed by atoms with Gasteiger partial charge in [0.05, 0.1) is 11.1 Å². The Balaban J connectivity index is 2.04. The van der Waals surface area contributed by atoms with Crippen molar-refractivity contribution in [3.05, 3.63) is 41.6 Å². The zero-order valence-electron chi connectivity index (χ0n) is 14.1. The van der Waals surface area contributed by atoms with E-state index in [4.69, 9.17) is 0 Å². The number of hydrogen-bond acceptors (Lipinski definition) is 4. The zero-order valence-corrected chi connectivity index (χ0v) is 14.1. The van der Waals surface area contributed by atoms with Crippen molar-refractivity contribution < 1.29 is 14.4 Å². The molecule has 24 heavy (non-hydrogen) atoms. The second kappa shape index (κ2) is 5.47. The van der Waals surface area contributed by atoms with Crippen LogP contribution >= 0.6 is 0 Å². The van der Waals surface area contributed by atoms with E-state index in [2.05, 4.69) is 17.2 Å². The monoisotopic (exact) mass is 327 g/mol. The van der Waals surface area contributed by atoms with Crippen molar-refractivity contribution in [3.63, 3.8) is 0 Å². The van der Waals surface area contributed by atoms with Crippen molar-refractivity contribution >= 4 is 23.4 Å². The van der Waals surface area contributed by atoms with Gasteiger partial charge in [0, 0.05) is 17.4 Å². The first-order chi connectivity index (χ1) is 11.3. The molecule has 1 fully saturated rings. The van der Waals surface area contributed by atoms with Crippen molar-refractivity contribution in [2.24, 2.45) is 0 Å². The number of nitrogens with zero attached hydrogens (tertiary/aromatic N) is 1. The third-order valence-electron chi connectivity index (χ3n) is 4.55. The van der Waals surface area contributed by atoms with E-state index in [-0.39, 0.29) is 11.9 Å². The summed E-state index contributed by atoms with van der Waals surface area (Å²) >= 11 is 0. The van der Waals surface area contributed by atoms with Crippen LogP contribution in [0.1, 0.15) is 54.3 Å². The van der Waals surface area contributed by atoms with E-state index in [0.29, 0.717) is 35.4 Å². The van der Waals surface area contributed by atoms with E-state index >= 15 is 0 Å². The lowest BCUT2D eigenvalue weighted by Crippen LogP contribution is -2.60. The van der Waals surface area contributed by atoms with Crippen molar-refractivity contribution in [2.45, 2.75) is 45.2 Å². The van der Waals surface area contributed by atoms with Crippen LogP contribution in [0.25, 0.3) is 0 Å². The standard InChI is InChI=1S/C18H21N3O3/c1-10(2)19-13-7-5-6-12-14(13)16(23)21(15(12)22)18(4)9-8-11(3)20-17(18)24/h5-7,10,19H,3,8-9H2,1-2,4H3,(H,20,24). The largest absolute Gasteiger partial charge is 0.382 e. The number of carbonyl (C=O) groups excluding carboxylic acids is 3. The molecule has 1 aromatic carbocycles. The fourth-order valence-corrected chi connectivity index (χ4v) is 3.24. The molecule has 0 aromatic heterocycles. The Morgan fingerprint density at radius 2 is 1.96 bits per heavy atom. The lowest BCUT2D eigenvalue weighted by Gasteiger charge is -2.39. The highest BCUT2D eigenvalue weighted by Crippen LogP contribution is 2.37. The minimum absolute atomic E-state index is 0.116. The Kier molecular flexibility index (Phi) is 3.70. The van der Waals surface area contributed by atoms with Gasteiger partial charge in [-0.1, -0.05) is 12.6 Å². The maximum absolute atomic E-state index is 13.0. The average molecular weight is 327 g/mol. The molecule has 6 heteroatoms. The lowest BCUT2D eigenvalue weighted by atomic mass is 9.88. The fraction of sp³-hybridized carbons (Fsp3) is 0.389. The second-order valence-corrected chi connectivity index (χ2v) is 6.80. The van der Waals surface area contributed by atoms with Crippen molar-refractivity contribution in [1.29, 1.82) is 0 Å². The summed E-state index contributed by atoms with van der Waals surface area (Å²) in [7, 11) is 0. The molecule has 126 valence electrons. The molecular formula is C18H21N3O3. The van der Waals surface area contributed by atoms with Crippen molar-refractivity contribution in [1.82, 2.24) is 10.2 Å². The maximum atomic E-state index is 13.0. The van der Waals surface area contributed by atoms with Gasteiger partial charge >= 0.3 is 0 Å². The summed E-state index contributed by atoms with van der Waals surface area (Å²) in [6.07, 6.45) is 0.906. The summed E-state index contributed by atoms with van der Waals surface area (Å²) in [5, 5.41) is 5.86. The predicted octanol–water partition coefficient (Wildman–Crippen LogP) is 2.29. The first-order valence-corrected chi connectivity index (χ1v) is 8.03. The Bertz CT molecular complexity index is 769. The molecule has 0 saturated carbocycles. The van der Waals surface area contributed by atoms with Crippen LogP contribution in [0.4, 0.5) is 5.69 Å². The lowest BCUT2D eigenvalue weighted by molar-refractivity contribution is -0.131. The molecule has 1 saturated heterocycles. The van der Waals surface area contributed by atoms with Gasteiger partial charge in [-0.2, -0.15) is 0 Å². The summed E-state index contributed by atoms with van der Waals surface area (Å²) in [5.41, 5.74) is 0.700. The Hall–Kier alpha value is -2.63. The number of carbonyl (C=O) groups is 3. The fourth-order valence-electron chi connectivity index (χ4n) is 3.24. The predicted molar refractivity (Wildman–Crippen MR) is 90.6 cm³/mol. The molecule has 2 aliphatic heterocycles. The number of piperidine rings is 1. The molecule has 2 heterocycles. The van der Waals surface area contributed by atoms with Gasteiger partial charge in [0.2, 0.25) is 5.91 Å². The number of nitrogens with one attached hydrogen (secondary N) is 2. The van der Waals surface area contributed by atoms with Crippen LogP contribution in [0.15, 0.2) is 30.5 Å². The number of hydrogen-bond donors (Lipinski definition) is 2. The Morgan fingerprint density at radius 3 is 2.58 bits per heavy atom. The maximum Gasteiger partial charge on any atom is 0.264 e. The second-order valence-electron chi connectivity index (χ2n) is 6.80. The Labute approximate surface area is 140 Å². The van der Waals surface area contributed by atoms with Crippen LogP contribution in [0.2, 0.25) is 0 Å². The van der Waals surface area contributed by atoms with Crippen LogP contribution in [0, 0.1) is 0 Å². The van der Waals surface area contributed by atoms with Crippen LogP contribution in [-0.4, -0.2) is 34.2 Å². The molecule has 6 nitrogen and oxygen atoms in total. The quantitative estimate of drug-likeness (QED) is 0.835. The van der Waals surface area contributed by atoms with Crippen LogP contribution in [0.5, 0.6) is 0 Å². The number of benzene rings is 1. The normalized spacial score (nSPS) is 23.6. The molecule has 2 aliphatic rings. The van der Waals surface area contributed by atoms with E-state index < -0.39 is 17.4 Å². The molecule has 0 aliphatic carbocycles. The van der Waals surface area contributed by atoms with E-state index in [9.17, 15) is 14.4 Å². The summed E-state index contributed by atoms with van der Waals surface area (Å²) in [4.78, 5) is 39.4. The first-order valence-electron chi connectivity index (χ1n) is 8.03. The molecular weight excluding hydrogens is 306 g/mol. The van der Waals surface area contributed by atoms with Gasteiger partial charge < -0.3 is 10.6 Å². The number of rotatable bonds is 3. The van der Waals surface area contributed by atoms with Crippen LogP contribution in [-0.2, 0) is 4.79 Å². The number of imide groups is 1. The molecule has 1 aromatic rings. The van der Waals surface area contributed by atoms with E-state index in [1.54, 1.807) is 25.1 Å². The summed E-state index contributed by atoms with van der Waals surface area (Å²) < 4.78 is 0. The van der Waals surface area contributed by atoms with Gasteiger partial charge in [0.25, 0.3) is 11.8 Å². The molecule has 0 spiro atoms. The molecule has 1 atom stereocenters. The van der Waals surface area contributed by atoms with E-state index in [1.807, 2.05) is 13.8 Å². The van der Waals surface area contributed by atoms with Crippen LogP contribution in [0.3, 0.4) is 0 Å². The van der Waals surface area contributed by atoms with Gasteiger partial charge in [0.1, 0.15) is 5.54 Å². The number of amides is 3. The molecule has 1 unspecified atom stereocenters. The zero-order chi connectivity index (χ0) is 17.6. The number of fused-ring (bicyclic) bond motifs is 1. The third kappa shape index (κ3) is 2.29. The third-order valence-corrected chi connectivity index (χ3v) is 4.55. The van der Waals surface area contributed by atoms with Crippen molar-refractivity contribution in [3.8, 4) is 0 Å². The minimum Gasteiger partial charge on any atom is -0.382 e. The average Bonchev–Trinajstić information content (AvgIpc) is 2.76. The number of anilines is 1. The smallest absolute Gasteiger partial charge is 0.264 e. The van der Waals surface area contributed by atoms with Gasteiger partial charge in [-0.3, -0.25) is 19.3 Å². The molecule has 0 radical (unpaired) electrons. The van der Waals surface area contributed by atoms with E-state index in [0.717, 1.165) is 4.90 Å². The first kappa shape index (κ1) is 16.2. The van der Waals surface area contributed by atoms with Gasteiger partial charge in [-0.05, 0) is 45.7 Å². The van der Waals surface area contributed by atoms with Crippen molar-refractivity contribution in [2.75, 3.05) is 5.32 Å². The summed E-state index contributed by atoms with van der Waals surface area (Å²) in [6, 6.07) is 5.26. The minimum atomic E-state index is -1.20. The molecule has 0 bridgehead atoms. The Morgan fingerprint density at radius 1 is 1.25 bits per heavy atom. The molecule has 2 N–H and O–H groups in total. The molecule has 3 amide bonds. The highest BCUT2D eigenvalue weighted by atomic mass is 16.2. The summed E-state index contributed by atoms with van der Waals surface area (Å²) in [6.45, 7) is 9.30. The van der Waals surface area contributed by atoms with Gasteiger partial charge in [0.15, 0.2) is 0 Å². The van der Waals surface area contributed by atoms with Crippen LogP contribution < -0.4 is 10.6 Å². The highest BCUT2D eigenvalue weighted by molar-refractivity contribution is 6.25. The summed E-state index contributed by atoms with van der Waals surface area (Å²) in [5.74, 6) is -1.22. The number of allylic oxidation sites excluding steroid dienone is 1. The van der Waals surface area contributed by atoms with Gasteiger partial charge in [-0.15, -0.1) is 0 Å².